The first-order valence-electron chi connectivity index (χ1n) is 8.50. The van der Waals surface area contributed by atoms with E-state index in [1.54, 1.807) is 39.1 Å². The summed E-state index contributed by atoms with van der Waals surface area (Å²) in [6.45, 7) is 6.96. The molecule has 2 aromatic heterocycles. The minimum atomic E-state index is -3.73. The van der Waals surface area contributed by atoms with Crippen molar-refractivity contribution in [2.75, 3.05) is 5.32 Å². The van der Waals surface area contributed by atoms with Gasteiger partial charge in [-0.3, -0.25) is 14.0 Å². The van der Waals surface area contributed by atoms with Crippen molar-refractivity contribution in [2.24, 2.45) is 0 Å². The highest BCUT2D eigenvalue weighted by Crippen LogP contribution is 2.21. The van der Waals surface area contributed by atoms with Crippen LogP contribution in [0.25, 0.3) is 4.96 Å². The lowest BCUT2D eigenvalue weighted by Gasteiger charge is -2.13. The van der Waals surface area contributed by atoms with Crippen LogP contribution in [0.1, 0.15) is 34.6 Å². The lowest BCUT2D eigenvalue weighted by Crippen LogP contribution is -2.31. The summed E-state index contributed by atoms with van der Waals surface area (Å²) in [4.78, 5) is 30.7. The van der Waals surface area contributed by atoms with Gasteiger partial charge < -0.3 is 5.32 Å². The number of nitrogens with one attached hydrogen (secondary N) is 2. The number of hydrogen-bond acceptors (Lipinski definition) is 6. The molecule has 0 aliphatic heterocycles. The monoisotopic (exact) mass is 420 g/mol. The van der Waals surface area contributed by atoms with Gasteiger partial charge >= 0.3 is 0 Å². The van der Waals surface area contributed by atoms with Gasteiger partial charge in [0.15, 0.2) is 4.96 Å². The number of amides is 1. The van der Waals surface area contributed by atoms with Crippen molar-refractivity contribution in [3.05, 3.63) is 57.0 Å². The van der Waals surface area contributed by atoms with Crippen molar-refractivity contribution in [3.8, 4) is 0 Å². The summed E-state index contributed by atoms with van der Waals surface area (Å²) < 4.78 is 28.8. The largest absolute Gasteiger partial charge is 0.322 e. The lowest BCUT2D eigenvalue weighted by atomic mass is 10.2. The second kappa shape index (κ2) is 7.46. The normalized spacial score (nSPS) is 11.9. The maximum atomic E-state index is 12.6. The number of fused-ring (bicyclic) bond motifs is 1. The molecule has 2 heterocycles. The molecule has 3 aromatic rings. The van der Waals surface area contributed by atoms with Gasteiger partial charge in [0.1, 0.15) is 5.56 Å². The van der Waals surface area contributed by atoms with Crippen LogP contribution in [0.2, 0.25) is 0 Å². The summed E-state index contributed by atoms with van der Waals surface area (Å²) in [7, 11) is -3.73. The first kappa shape index (κ1) is 20.2. The van der Waals surface area contributed by atoms with Crippen molar-refractivity contribution in [2.45, 2.75) is 38.6 Å². The Morgan fingerprint density at radius 1 is 1.25 bits per heavy atom. The van der Waals surface area contributed by atoms with Crippen LogP contribution in [-0.2, 0) is 10.0 Å². The number of carbonyl (C=O) groups excluding carboxylic acids is 1. The molecule has 0 radical (unpaired) electrons. The van der Waals surface area contributed by atoms with Gasteiger partial charge in [0, 0.05) is 29.0 Å². The van der Waals surface area contributed by atoms with Gasteiger partial charge in [0.05, 0.1) is 4.90 Å². The predicted molar refractivity (Wildman–Crippen MR) is 109 cm³/mol. The van der Waals surface area contributed by atoms with Crippen LogP contribution < -0.4 is 15.6 Å². The third-order valence-corrected chi connectivity index (χ3v) is 6.61. The maximum absolute atomic E-state index is 12.6. The number of anilines is 1. The van der Waals surface area contributed by atoms with Crippen molar-refractivity contribution in [1.29, 1.82) is 0 Å². The Labute approximate surface area is 166 Å². The van der Waals surface area contributed by atoms with Gasteiger partial charge in [0.2, 0.25) is 10.0 Å². The molecular formula is C18H20N4O4S2. The van der Waals surface area contributed by atoms with E-state index >= 15 is 0 Å². The van der Waals surface area contributed by atoms with Crippen molar-refractivity contribution < 1.29 is 13.2 Å². The molecule has 8 nitrogen and oxygen atoms in total. The zero-order chi connectivity index (χ0) is 20.6. The molecule has 0 atom stereocenters. The van der Waals surface area contributed by atoms with Crippen LogP contribution in [0.15, 0.2) is 40.3 Å². The number of nitrogens with zero attached hydrogens (tertiary/aromatic N) is 2. The van der Waals surface area contributed by atoms with E-state index in [1.165, 1.54) is 28.0 Å². The summed E-state index contributed by atoms with van der Waals surface area (Å²) in [5, 5.41) is 2.58. The Kier molecular flexibility index (Phi) is 5.37. The molecule has 3 rings (SSSR count). The molecule has 0 aliphatic rings. The predicted octanol–water partition coefficient (Wildman–Crippen LogP) is 2.31. The summed E-state index contributed by atoms with van der Waals surface area (Å²) >= 11 is 1.35. The highest BCUT2D eigenvalue weighted by Gasteiger charge is 2.20. The third kappa shape index (κ3) is 3.98. The average molecular weight is 421 g/mol. The average Bonchev–Trinajstić information content (AvgIpc) is 2.97. The highest BCUT2D eigenvalue weighted by molar-refractivity contribution is 7.89. The van der Waals surface area contributed by atoms with Gasteiger partial charge in [0.25, 0.3) is 11.5 Å². The van der Waals surface area contributed by atoms with E-state index < -0.39 is 21.5 Å². The minimum Gasteiger partial charge on any atom is -0.322 e. The number of hydrogen-bond donors (Lipinski definition) is 2. The fraction of sp³-hybridized carbons (Fsp3) is 0.278. The fourth-order valence-corrected chi connectivity index (χ4v) is 5.00. The standard InChI is InChI=1S/C18H20N4O4S2/c1-10(2)21-28(25,26)15-7-13(6-5-11(15)3)20-16(23)14-8-19-18-22(17(14)24)9-12(4)27-18/h5-10,21H,1-4H3,(H,20,23). The van der Waals surface area contributed by atoms with E-state index in [2.05, 4.69) is 15.0 Å². The summed E-state index contributed by atoms with van der Waals surface area (Å²) in [6.07, 6.45) is 2.86. The van der Waals surface area contributed by atoms with Crippen LogP contribution >= 0.6 is 11.3 Å². The quantitative estimate of drug-likeness (QED) is 0.658. The van der Waals surface area contributed by atoms with Gasteiger partial charge in [-0.25, -0.2) is 18.1 Å². The molecule has 0 saturated carbocycles. The first-order chi connectivity index (χ1) is 13.1. The van der Waals surface area contributed by atoms with E-state index in [0.717, 1.165) is 4.88 Å². The smallest absolute Gasteiger partial charge is 0.271 e. The molecular weight excluding hydrogens is 400 g/mol. The third-order valence-electron chi connectivity index (χ3n) is 3.89. The van der Waals surface area contributed by atoms with Gasteiger partial charge in [-0.05, 0) is 45.4 Å². The summed E-state index contributed by atoms with van der Waals surface area (Å²) in [5.74, 6) is -0.653. The lowest BCUT2D eigenvalue weighted by molar-refractivity contribution is 0.102. The van der Waals surface area contributed by atoms with Gasteiger partial charge in [-0.1, -0.05) is 6.07 Å². The van der Waals surface area contributed by atoms with Crippen molar-refractivity contribution in [3.63, 3.8) is 0 Å². The molecule has 0 fully saturated rings. The molecule has 0 spiro atoms. The molecule has 0 unspecified atom stereocenters. The van der Waals surface area contributed by atoms with Crippen LogP contribution in [0.4, 0.5) is 5.69 Å². The Hall–Kier alpha value is -2.56. The number of aromatic nitrogens is 2. The van der Waals surface area contributed by atoms with E-state index in [9.17, 15) is 18.0 Å². The minimum absolute atomic E-state index is 0.0674. The van der Waals surface area contributed by atoms with Crippen molar-refractivity contribution >= 4 is 37.9 Å². The van der Waals surface area contributed by atoms with Crippen LogP contribution in [0.5, 0.6) is 0 Å². The Balaban J connectivity index is 1.94. The van der Waals surface area contributed by atoms with Crippen LogP contribution in [-0.4, -0.2) is 29.8 Å². The summed E-state index contributed by atoms with van der Waals surface area (Å²) in [6, 6.07) is 4.28. The second-order valence-corrected chi connectivity index (χ2v) is 9.58. The first-order valence-corrected chi connectivity index (χ1v) is 10.8. The molecule has 28 heavy (non-hydrogen) atoms. The highest BCUT2D eigenvalue weighted by atomic mass is 32.2. The molecule has 0 aliphatic carbocycles. The summed E-state index contributed by atoms with van der Waals surface area (Å²) in [5.41, 5.74) is 0.211. The molecule has 0 saturated heterocycles. The van der Waals surface area contributed by atoms with Gasteiger partial charge in [-0.2, -0.15) is 0 Å². The van der Waals surface area contributed by atoms with E-state index in [-0.39, 0.29) is 22.2 Å². The molecule has 0 bridgehead atoms. The fourth-order valence-electron chi connectivity index (χ4n) is 2.69. The maximum Gasteiger partial charge on any atom is 0.271 e. The molecule has 1 aromatic carbocycles. The van der Waals surface area contributed by atoms with Crippen molar-refractivity contribution in [1.82, 2.24) is 14.1 Å². The molecule has 10 heteroatoms. The zero-order valence-corrected chi connectivity index (χ0v) is 17.4. The number of sulfonamides is 1. The van der Waals surface area contributed by atoms with E-state index in [4.69, 9.17) is 0 Å². The van der Waals surface area contributed by atoms with E-state index in [0.29, 0.717) is 10.5 Å². The Morgan fingerprint density at radius 3 is 2.64 bits per heavy atom. The molecule has 148 valence electrons. The number of carbonyl (C=O) groups is 1. The topological polar surface area (TPSA) is 110 Å². The molecule has 2 N–H and O–H groups in total. The number of thiazole rings is 1. The second-order valence-electron chi connectivity index (χ2n) is 6.68. The number of rotatable bonds is 5. The molecule has 1 amide bonds. The van der Waals surface area contributed by atoms with Gasteiger partial charge in [-0.15, -0.1) is 11.3 Å². The Bertz CT molecular complexity index is 1230. The Morgan fingerprint density at radius 2 is 1.96 bits per heavy atom. The zero-order valence-electron chi connectivity index (χ0n) is 15.8. The SMILES string of the molecule is Cc1cn2c(=O)c(C(=O)Nc3ccc(C)c(S(=O)(=O)NC(C)C)c3)cnc2s1. The van der Waals surface area contributed by atoms with E-state index in [1.807, 2.05) is 6.92 Å². The van der Waals surface area contributed by atoms with Crippen LogP contribution in [0, 0.1) is 13.8 Å². The number of benzene rings is 1. The van der Waals surface area contributed by atoms with Crippen LogP contribution in [0.3, 0.4) is 0 Å². The number of aryl methyl sites for hydroxylation is 2.